The number of aryl methyl sites for hydroxylation is 1. The number of carbonyl (C=O) groups excluding carboxylic acids is 1. The van der Waals surface area contributed by atoms with Crippen LogP contribution in [0.5, 0.6) is 5.75 Å². The van der Waals surface area contributed by atoms with Crippen LogP contribution in [0.4, 0.5) is 31.9 Å². The zero-order chi connectivity index (χ0) is 29.1. The predicted octanol–water partition coefficient (Wildman–Crippen LogP) is 4.29. The molecule has 10 nitrogen and oxygen atoms in total. The molecule has 3 atom stereocenters. The first kappa shape index (κ1) is 27.5. The van der Waals surface area contributed by atoms with Crippen molar-refractivity contribution < 1.29 is 18.3 Å². The number of piperidine rings is 1. The lowest BCUT2D eigenvalue weighted by molar-refractivity contribution is -0.119. The Bertz CT molecular complexity index is 1580. The minimum atomic E-state index is -3.12. The highest BCUT2D eigenvalue weighted by Crippen LogP contribution is 2.45. The fourth-order valence-electron chi connectivity index (χ4n) is 5.93. The van der Waals surface area contributed by atoms with E-state index in [9.17, 15) is 18.4 Å². The zero-order valence-corrected chi connectivity index (χ0v) is 23.8. The SMILES string of the molecule is CC(=O)N[C@@H]1C[C@H](C)CN(c2ncc(Cl)c(Nc3ccc4c(c3)c3c(c(=O)n4C)OCC(F)(F)C(C4CC4)N3)n2)C1. The van der Waals surface area contributed by atoms with Gasteiger partial charge in [-0.05, 0) is 49.3 Å². The van der Waals surface area contributed by atoms with Crippen LogP contribution in [0.25, 0.3) is 10.9 Å². The van der Waals surface area contributed by atoms with Crippen molar-refractivity contribution in [2.45, 2.75) is 51.1 Å². The van der Waals surface area contributed by atoms with Crippen molar-refractivity contribution in [2.75, 3.05) is 35.2 Å². The molecule has 1 unspecified atom stereocenters. The van der Waals surface area contributed by atoms with Crippen LogP contribution in [0, 0.1) is 11.8 Å². The smallest absolute Gasteiger partial charge is 0.301 e. The summed E-state index contributed by atoms with van der Waals surface area (Å²) in [7, 11) is 1.59. The lowest BCUT2D eigenvalue weighted by Gasteiger charge is -2.36. The maximum Gasteiger partial charge on any atom is 0.301 e. The summed E-state index contributed by atoms with van der Waals surface area (Å²) in [6.07, 6.45) is 3.79. The predicted molar refractivity (Wildman–Crippen MR) is 154 cm³/mol. The molecule has 218 valence electrons. The minimum absolute atomic E-state index is 0.0177. The van der Waals surface area contributed by atoms with Gasteiger partial charge in [0, 0.05) is 44.2 Å². The number of nitrogens with one attached hydrogen (secondary N) is 3. The average Bonchev–Trinajstić information content (AvgIpc) is 3.75. The molecule has 1 amide bonds. The quantitative estimate of drug-likeness (QED) is 0.405. The summed E-state index contributed by atoms with van der Waals surface area (Å²) in [5.74, 6) is -2.34. The fourth-order valence-corrected chi connectivity index (χ4v) is 6.07. The number of alkyl halides is 2. The first-order valence-corrected chi connectivity index (χ1v) is 14.1. The summed E-state index contributed by atoms with van der Waals surface area (Å²) < 4.78 is 36.8. The second kappa shape index (κ2) is 10.3. The van der Waals surface area contributed by atoms with Gasteiger partial charge < -0.3 is 30.2 Å². The van der Waals surface area contributed by atoms with E-state index < -0.39 is 24.1 Å². The minimum Gasteiger partial charge on any atom is -0.480 e. The van der Waals surface area contributed by atoms with Crippen molar-refractivity contribution in [1.82, 2.24) is 19.9 Å². The second-order valence-electron chi connectivity index (χ2n) is 11.4. The standard InChI is InChI=1S/C28H32ClF2N7O3/c1-14-8-18(33-15(2)39)12-38(11-14)27-32-10-20(29)25(36-27)34-17-6-7-21-19(9-17)22-23(26(40)37(21)3)41-13-28(30,31)24(35-22)16-4-5-16/h6-7,9-10,14,16,18,24,35H,4-5,8,11-13H2,1-3H3,(H,33,39)(H,32,34,36)/t14-,18+,24?/m0/s1. The van der Waals surface area contributed by atoms with Gasteiger partial charge in [0.05, 0.1) is 23.4 Å². The molecule has 0 spiro atoms. The lowest BCUT2D eigenvalue weighted by atomic mass is 9.96. The number of aromatic nitrogens is 3. The summed E-state index contributed by atoms with van der Waals surface area (Å²) in [5, 5.41) is 10.1. The molecule has 13 heteroatoms. The summed E-state index contributed by atoms with van der Waals surface area (Å²) in [6.45, 7) is 4.06. The van der Waals surface area contributed by atoms with Gasteiger partial charge in [0.2, 0.25) is 17.6 Å². The number of halogens is 3. The highest BCUT2D eigenvalue weighted by atomic mass is 35.5. The Hall–Kier alpha value is -3.67. The molecule has 4 heterocycles. The summed E-state index contributed by atoms with van der Waals surface area (Å²) in [4.78, 5) is 35.8. The topological polar surface area (TPSA) is 113 Å². The van der Waals surface area contributed by atoms with Gasteiger partial charge in [-0.1, -0.05) is 18.5 Å². The van der Waals surface area contributed by atoms with Gasteiger partial charge in [-0.2, -0.15) is 4.98 Å². The second-order valence-corrected chi connectivity index (χ2v) is 11.9. The molecule has 0 bridgehead atoms. The number of hydrogen-bond donors (Lipinski definition) is 3. The average molecular weight is 588 g/mol. The molecular formula is C28H32ClF2N7O3. The Labute approximate surface area is 240 Å². The summed E-state index contributed by atoms with van der Waals surface area (Å²) >= 11 is 6.48. The third kappa shape index (κ3) is 5.37. The van der Waals surface area contributed by atoms with Gasteiger partial charge in [-0.3, -0.25) is 9.59 Å². The fraction of sp³-hybridized carbons (Fsp3) is 0.500. The Morgan fingerprint density at radius 1 is 1.27 bits per heavy atom. The molecule has 1 saturated carbocycles. The number of ether oxygens (including phenoxy) is 1. The van der Waals surface area contributed by atoms with Crippen molar-refractivity contribution >= 4 is 51.6 Å². The van der Waals surface area contributed by atoms with E-state index in [0.717, 1.165) is 13.0 Å². The number of rotatable bonds is 5. The molecule has 1 saturated heterocycles. The normalized spacial score (nSPS) is 23.7. The number of fused-ring (bicyclic) bond motifs is 3. The molecular weight excluding hydrogens is 556 g/mol. The van der Waals surface area contributed by atoms with Crippen LogP contribution in [0.1, 0.15) is 33.1 Å². The molecule has 1 aliphatic carbocycles. The number of benzene rings is 1. The van der Waals surface area contributed by atoms with Crippen molar-refractivity contribution in [3.8, 4) is 5.75 Å². The van der Waals surface area contributed by atoms with Crippen LogP contribution in [0.3, 0.4) is 0 Å². The van der Waals surface area contributed by atoms with E-state index in [1.165, 1.54) is 17.7 Å². The van der Waals surface area contributed by atoms with E-state index in [2.05, 4.69) is 32.8 Å². The highest BCUT2D eigenvalue weighted by Gasteiger charge is 2.51. The Kier molecular flexibility index (Phi) is 6.91. The van der Waals surface area contributed by atoms with E-state index in [0.29, 0.717) is 58.7 Å². The van der Waals surface area contributed by atoms with Gasteiger partial charge in [-0.25, -0.2) is 13.8 Å². The molecule has 1 aromatic carbocycles. The first-order valence-electron chi connectivity index (χ1n) is 13.8. The van der Waals surface area contributed by atoms with Crippen LogP contribution in [-0.4, -0.2) is 58.1 Å². The molecule has 3 aliphatic rings. The molecule has 2 aliphatic heterocycles. The maximum absolute atomic E-state index is 15.0. The number of carbonyl (C=O) groups is 1. The number of hydrogen-bond acceptors (Lipinski definition) is 8. The van der Waals surface area contributed by atoms with Gasteiger partial charge in [0.25, 0.3) is 5.56 Å². The molecule has 2 aromatic heterocycles. The van der Waals surface area contributed by atoms with Crippen LogP contribution >= 0.6 is 11.6 Å². The first-order chi connectivity index (χ1) is 19.5. The van der Waals surface area contributed by atoms with Crippen LogP contribution < -0.4 is 31.1 Å². The van der Waals surface area contributed by atoms with Crippen molar-refractivity contribution in [1.29, 1.82) is 0 Å². The van der Waals surface area contributed by atoms with Crippen LogP contribution in [0.15, 0.2) is 29.2 Å². The van der Waals surface area contributed by atoms with E-state index >= 15 is 0 Å². The summed E-state index contributed by atoms with van der Waals surface area (Å²) in [6, 6.07) is 4.15. The van der Waals surface area contributed by atoms with Gasteiger partial charge >= 0.3 is 5.92 Å². The number of anilines is 4. The van der Waals surface area contributed by atoms with Crippen molar-refractivity contribution in [2.24, 2.45) is 18.9 Å². The molecule has 2 fully saturated rings. The van der Waals surface area contributed by atoms with Crippen LogP contribution in [0.2, 0.25) is 5.02 Å². The summed E-state index contributed by atoms with van der Waals surface area (Å²) in [5.41, 5.74) is 0.941. The number of pyridine rings is 1. The monoisotopic (exact) mass is 587 g/mol. The molecule has 6 rings (SSSR count). The zero-order valence-electron chi connectivity index (χ0n) is 23.0. The largest absolute Gasteiger partial charge is 0.480 e. The molecule has 3 aromatic rings. The van der Waals surface area contributed by atoms with Crippen LogP contribution in [-0.2, 0) is 11.8 Å². The highest BCUT2D eigenvalue weighted by molar-refractivity contribution is 6.33. The van der Waals surface area contributed by atoms with E-state index in [4.69, 9.17) is 16.3 Å². The molecule has 3 N–H and O–H groups in total. The number of amides is 1. The van der Waals surface area contributed by atoms with Crippen molar-refractivity contribution in [3.63, 3.8) is 0 Å². The van der Waals surface area contributed by atoms with Crippen molar-refractivity contribution in [3.05, 3.63) is 39.8 Å². The molecule has 41 heavy (non-hydrogen) atoms. The van der Waals surface area contributed by atoms with E-state index in [1.54, 1.807) is 25.2 Å². The number of nitrogens with zero attached hydrogens (tertiary/aromatic N) is 4. The van der Waals surface area contributed by atoms with E-state index in [-0.39, 0.29) is 29.3 Å². The van der Waals surface area contributed by atoms with Gasteiger partial charge in [0.1, 0.15) is 5.02 Å². The Morgan fingerprint density at radius 2 is 2.05 bits per heavy atom. The lowest BCUT2D eigenvalue weighted by Crippen LogP contribution is -2.50. The third-order valence-electron chi connectivity index (χ3n) is 7.95. The maximum atomic E-state index is 15.0. The molecule has 0 radical (unpaired) electrons. The van der Waals surface area contributed by atoms with Gasteiger partial charge in [0.15, 0.2) is 12.4 Å². The third-order valence-corrected chi connectivity index (χ3v) is 8.23. The van der Waals surface area contributed by atoms with Gasteiger partial charge in [-0.15, -0.1) is 0 Å². The Balaban J connectivity index is 1.34. The van der Waals surface area contributed by atoms with E-state index in [1.807, 2.05) is 4.90 Å². The Morgan fingerprint density at radius 3 is 2.78 bits per heavy atom.